The number of benzene rings is 2. The number of carbonyl (C=O) groups excluding carboxylic acids is 3. The molecule has 2 atom stereocenters. The molecule has 2 unspecified atom stereocenters. The minimum Gasteiger partial charge on any atom is -0.439 e. The number of anilines is 1. The fraction of sp³-hybridized carbons (Fsp3) is 0.211. The molecule has 2 heterocycles. The molecule has 126 valence electrons. The number of hydrogen-bond donors (Lipinski definition) is 0. The van der Waals surface area contributed by atoms with Crippen LogP contribution in [0.4, 0.5) is 5.69 Å². The van der Waals surface area contributed by atoms with Gasteiger partial charge in [0, 0.05) is 24.2 Å². The van der Waals surface area contributed by atoms with E-state index >= 15 is 0 Å². The number of para-hydroxylation sites is 1. The second kappa shape index (κ2) is 5.73. The minimum absolute atomic E-state index is 0.193. The van der Waals surface area contributed by atoms with Crippen molar-refractivity contribution >= 4 is 23.4 Å². The predicted octanol–water partition coefficient (Wildman–Crippen LogP) is 1.79. The van der Waals surface area contributed by atoms with Crippen molar-refractivity contribution < 1.29 is 23.9 Å². The van der Waals surface area contributed by atoms with Crippen molar-refractivity contribution in [3.8, 4) is 0 Å². The van der Waals surface area contributed by atoms with E-state index in [1.807, 2.05) is 41.3 Å². The maximum Gasteiger partial charge on any atom is 0.420 e. The largest absolute Gasteiger partial charge is 0.439 e. The van der Waals surface area contributed by atoms with Crippen LogP contribution < -0.4 is 4.90 Å². The van der Waals surface area contributed by atoms with Gasteiger partial charge in [-0.2, -0.15) is 0 Å². The summed E-state index contributed by atoms with van der Waals surface area (Å²) in [6.45, 7) is 0.346. The van der Waals surface area contributed by atoms with Crippen LogP contribution in [0.3, 0.4) is 0 Å². The molecule has 0 amide bonds. The van der Waals surface area contributed by atoms with Gasteiger partial charge in [-0.05, 0) is 12.1 Å². The summed E-state index contributed by atoms with van der Waals surface area (Å²) >= 11 is 0. The molecule has 0 saturated carbocycles. The summed E-state index contributed by atoms with van der Waals surface area (Å²) in [6, 6.07) is 18.2. The Kier molecular flexibility index (Phi) is 3.53. The molecule has 0 aromatic heterocycles. The van der Waals surface area contributed by atoms with Crippen LogP contribution in [-0.4, -0.2) is 30.4 Å². The molecule has 0 N–H and O–H groups in total. The third-order valence-electron chi connectivity index (χ3n) is 4.53. The van der Waals surface area contributed by atoms with E-state index in [2.05, 4.69) is 0 Å². The van der Waals surface area contributed by atoms with E-state index in [1.54, 1.807) is 24.3 Å². The second-order valence-corrected chi connectivity index (χ2v) is 5.94. The van der Waals surface area contributed by atoms with Crippen molar-refractivity contribution in [1.29, 1.82) is 0 Å². The van der Waals surface area contributed by atoms with Crippen molar-refractivity contribution in [2.45, 2.75) is 18.2 Å². The summed E-state index contributed by atoms with van der Waals surface area (Å²) in [5, 5.41) is 0. The zero-order valence-electron chi connectivity index (χ0n) is 13.3. The Balaban J connectivity index is 1.94. The zero-order valence-corrected chi connectivity index (χ0v) is 13.3. The Hall–Kier alpha value is -3.15. The van der Waals surface area contributed by atoms with Gasteiger partial charge in [0.25, 0.3) is 5.72 Å². The molecule has 2 aliphatic heterocycles. The van der Waals surface area contributed by atoms with Crippen molar-refractivity contribution in [2.24, 2.45) is 0 Å². The average Bonchev–Trinajstić information content (AvgIpc) is 2.65. The van der Waals surface area contributed by atoms with Crippen LogP contribution in [0.1, 0.15) is 12.0 Å². The van der Waals surface area contributed by atoms with Crippen LogP contribution in [0.2, 0.25) is 0 Å². The lowest BCUT2D eigenvalue weighted by Gasteiger charge is -2.51. The monoisotopic (exact) mass is 337 g/mol. The number of ketones is 1. The van der Waals surface area contributed by atoms with Crippen LogP contribution in [0.25, 0.3) is 0 Å². The second-order valence-electron chi connectivity index (χ2n) is 5.94. The maximum absolute atomic E-state index is 12.5. The summed E-state index contributed by atoms with van der Waals surface area (Å²) in [5.41, 5.74) is -0.143. The first-order valence-corrected chi connectivity index (χ1v) is 7.98. The molecule has 0 spiro atoms. The van der Waals surface area contributed by atoms with E-state index in [0.29, 0.717) is 12.1 Å². The lowest BCUT2D eigenvalue weighted by Crippen LogP contribution is -2.68. The number of nitrogens with zero attached hydrogens (tertiary/aromatic N) is 1. The van der Waals surface area contributed by atoms with Gasteiger partial charge in [-0.25, -0.2) is 9.59 Å². The third kappa shape index (κ3) is 2.29. The Morgan fingerprint density at radius 2 is 1.52 bits per heavy atom. The molecule has 6 nitrogen and oxygen atoms in total. The van der Waals surface area contributed by atoms with E-state index < -0.39 is 23.8 Å². The molecule has 2 aliphatic rings. The Morgan fingerprint density at radius 3 is 2.20 bits per heavy atom. The summed E-state index contributed by atoms with van der Waals surface area (Å²) in [6.07, 6.45) is -1.01. The first-order valence-electron chi connectivity index (χ1n) is 7.98. The summed E-state index contributed by atoms with van der Waals surface area (Å²) in [7, 11) is 0. The SMILES string of the molecule is O=C1OC2C(=O)CCN(c3ccccc3)C2(c2ccccc2)OC1=O. The Bertz CT molecular complexity index is 835. The average molecular weight is 337 g/mol. The number of ether oxygens (including phenoxy) is 2. The lowest BCUT2D eigenvalue weighted by atomic mass is 9.85. The molecule has 25 heavy (non-hydrogen) atoms. The number of fused-ring (bicyclic) bond motifs is 1. The van der Waals surface area contributed by atoms with Gasteiger partial charge in [-0.15, -0.1) is 0 Å². The number of Topliss-reactive ketones (excluding diaryl/α,β-unsaturated/α-hetero) is 1. The molecule has 0 bridgehead atoms. The highest BCUT2D eigenvalue weighted by atomic mass is 16.7. The number of piperidine rings is 1. The lowest BCUT2D eigenvalue weighted by molar-refractivity contribution is -0.219. The normalized spacial score (nSPS) is 25.8. The summed E-state index contributed by atoms with van der Waals surface area (Å²) in [4.78, 5) is 38.2. The molecule has 4 rings (SSSR count). The number of rotatable bonds is 2. The number of esters is 2. The van der Waals surface area contributed by atoms with Crippen molar-refractivity contribution in [2.75, 3.05) is 11.4 Å². The highest BCUT2D eigenvalue weighted by molar-refractivity contribution is 6.31. The van der Waals surface area contributed by atoms with E-state index in [-0.39, 0.29) is 12.2 Å². The quantitative estimate of drug-likeness (QED) is 0.614. The Morgan fingerprint density at radius 1 is 0.880 bits per heavy atom. The molecule has 2 aromatic carbocycles. The first kappa shape index (κ1) is 15.4. The number of hydrogen-bond acceptors (Lipinski definition) is 6. The van der Waals surface area contributed by atoms with E-state index in [1.165, 1.54) is 0 Å². The highest BCUT2D eigenvalue weighted by Crippen LogP contribution is 2.44. The predicted molar refractivity (Wildman–Crippen MR) is 87.5 cm³/mol. The van der Waals surface area contributed by atoms with E-state index in [0.717, 1.165) is 5.69 Å². The van der Waals surface area contributed by atoms with Crippen LogP contribution in [-0.2, 0) is 29.6 Å². The molecule has 0 radical (unpaired) electrons. The smallest absolute Gasteiger partial charge is 0.420 e. The summed E-state index contributed by atoms with van der Waals surface area (Å²) < 4.78 is 10.8. The molecule has 2 saturated heterocycles. The van der Waals surface area contributed by atoms with Crippen molar-refractivity contribution in [3.63, 3.8) is 0 Å². The third-order valence-corrected chi connectivity index (χ3v) is 4.53. The van der Waals surface area contributed by atoms with Gasteiger partial charge in [0.2, 0.25) is 6.10 Å². The van der Waals surface area contributed by atoms with Gasteiger partial charge in [0.15, 0.2) is 5.78 Å². The van der Waals surface area contributed by atoms with E-state index in [9.17, 15) is 14.4 Å². The van der Waals surface area contributed by atoms with Gasteiger partial charge >= 0.3 is 11.9 Å². The molecule has 2 fully saturated rings. The van der Waals surface area contributed by atoms with Gasteiger partial charge in [0.05, 0.1) is 0 Å². The Labute approximate surface area is 144 Å². The standard InChI is InChI=1S/C19H15NO5/c21-15-11-12-20(14-9-5-2-6-10-14)19(13-7-3-1-4-8-13)16(15)24-17(22)18(23)25-19/h1-10,16H,11-12H2. The van der Waals surface area contributed by atoms with Crippen LogP contribution in [0.5, 0.6) is 0 Å². The first-order chi connectivity index (χ1) is 12.1. The topological polar surface area (TPSA) is 72.9 Å². The molecular weight excluding hydrogens is 322 g/mol. The highest BCUT2D eigenvalue weighted by Gasteiger charge is 2.61. The fourth-order valence-corrected chi connectivity index (χ4v) is 3.44. The molecule has 6 heteroatoms. The molecule has 2 aromatic rings. The van der Waals surface area contributed by atoms with Gasteiger partial charge in [0.1, 0.15) is 0 Å². The van der Waals surface area contributed by atoms with Gasteiger partial charge in [-0.3, -0.25) is 4.79 Å². The van der Waals surface area contributed by atoms with Crippen molar-refractivity contribution in [3.05, 3.63) is 66.2 Å². The summed E-state index contributed by atoms with van der Waals surface area (Å²) in [5.74, 6) is -2.51. The zero-order chi connectivity index (χ0) is 17.4. The van der Waals surface area contributed by atoms with E-state index in [4.69, 9.17) is 9.47 Å². The fourth-order valence-electron chi connectivity index (χ4n) is 3.44. The van der Waals surface area contributed by atoms with Crippen LogP contribution >= 0.6 is 0 Å². The molecular formula is C19H15NO5. The van der Waals surface area contributed by atoms with Crippen LogP contribution in [0.15, 0.2) is 60.7 Å². The van der Waals surface area contributed by atoms with Gasteiger partial charge in [-0.1, -0.05) is 48.5 Å². The number of carbonyl (C=O) groups is 3. The maximum atomic E-state index is 12.5. The molecule has 0 aliphatic carbocycles. The minimum atomic E-state index is -1.50. The van der Waals surface area contributed by atoms with Gasteiger partial charge < -0.3 is 14.4 Å². The van der Waals surface area contributed by atoms with Crippen molar-refractivity contribution in [1.82, 2.24) is 0 Å². The van der Waals surface area contributed by atoms with Crippen LogP contribution in [0, 0.1) is 0 Å².